The van der Waals surface area contributed by atoms with Gasteiger partial charge in [-0.15, -0.1) is 24.8 Å². The normalized spacial score (nSPS) is 25.4. The van der Waals surface area contributed by atoms with Crippen molar-refractivity contribution in [3.63, 3.8) is 0 Å². The average molecular weight is 411 g/mol. The van der Waals surface area contributed by atoms with Crippen molar-refractivity contribution < 1.29 is 9.59 Å². The Morgan fingerprint density at radius 3 is 2.59 bits per heavy atom. The summed E-state index contributed by atoms with van der Waals surface area (Å²) in [5.74, 6) is 0.349. The Labute approximate surface area is 170 Å². The highest BCUT2D eigenvalue weighted by Gasteiger charge is 2.48. The predicted molar refractivity (Wildman–Crippen MR) is 110 cm³/mol. The molecule has 0 spiro atoms. The number of anilines is 1. The van der Waals surface area contributed by atoms with E-state index >= 15 is 0 Å². The number of fused-ring (bicyclic) bond motifs is 3. The summed E-state index contributed by atoms with van der Waals surface area (Å²) in [5, 5.41) is 6.54. The molecule has 4 unspecified atom stereocenters. The van der Waals surface area contributed by atoms with Crippen LogP contribution < -0.4 is 16.4 Å². The Morgan fingerprint density at radius 2 is 1.85 bits per heavy atom. The molecule has 2 amide bonds. The number of rotatable bonds is 4. The number of amides is 2. The molecule has 2 saturated carbocycles. The van der Waals surface area contributed by atoms with Gasteiger partial charge in [-0.25, -0.2) is 0 Å². The summed E-state index contributed by atoms with van der Waals surface area (Å²) >= 11 is 0. The largest absolute Gasteiger partial charge is 0.347 e. The molecule has 2 aliphatic rings. The van der Waals surface area contributed by atoms with Crippen molar-refractivity contribution in [2.45, 2.75) is 25.3 Å². The van der Waals surface area contributed by atoms with E-state index in [0.29, 0.717) is 17.5 Å². The lowest BCUT2D eigenvalue weighted by atomic mass is 9.84. The van der Waals surface area contributed by atoms with Gasteiger partial charge in [-0.05, 0) is 43.2 Å². The predicted octanol–water partition coefficient (Wildman–Crippen LogP) is 2.51. The summed E-state index contributed by atoms with van der Waals surface area (Å²) in [6.07, 6.45) is 4.94. The zero-order chi connectivity index (χ0) is 17.4. The quantitative estimate of drug-likeness (QED) is 0.720. The first-order valence-electron chi connectivity index (χ1n) is 8.80. The third-order valence-electron chi connectivity index (χ3n) is 5.61. The lowest BCUT2D eigenvalue weighted by molar-refractivity contribution is -0.129. The second kappa shape index (κ2) is 8.87. The summed E-state index contributed by atoms with van der Waals surface area (Å²) in [7, 11) is 0. The maximum absolute atomic E-state index is 12.4. The molecule has 27 heavy (non-hydrogen) atoms. The summed E-state index contributed by atoms with van der Waals surface area (Å²) in [4.78, 5) is 29.0. The Kier molecular flexibility index (Phi) is 7.03. The van der Waals surface area contributed by atoms with E-state index in [2.05, 4.69) is 15.6 Å². The van der Waals surface area contributed by atoms with Gasteiger partial charge in [-0.2, -0.15) is 0 Å². The van der Waals surface area contributed by atoms with E-state index in [1.165, 1.54) is 0 Å². The minimum atomic E-state index is -0.261. The molecular weight excluding hydrogens is 387 g/mol. The van der Waals surface area contributed by atoms with Gasteiger partial charge >= 0.3 is 0 Å². The van der Waals surface area contributed by atoms with Crippen molar-refractivity contribution in [1.82, 2.24) is 10.3 Å². The molecule has 8 heteroatoms. The topological polar surface area (TPSA) is 97.1 Å². The van der Waals surface area contributed by atoms with Gasteiger partial charge in [0.25, 0.3) is 0 Å². The molecular formula is C19H24Cl2N4O2. The van der Waals surface area contributed by atoms with Crippen LogP contribution in [0.3, 0.4) is 0 Å². The lowest BCUT2D eigenvalue weighted by Crippen LogP contribution is -2.46. The second-order valence-corrected chi connectivity index (χ2v) is 7.08. The van der Waals surface area contributed by atoms with Gasteiger partial charge in [0.1, 0.15) is 0 Å². The number of halogens is 2. The number of pyridine rings is 1. The van der Waals surface area contributed by atoms with Crippen molar-refractivity contribution >= 4 is 53.2 Å². The van der Waals surface area contributed by atoms with Crippen LogP contribution >= 0.6 is 24.8 Å². The van der Waals surface area contributed by atoms with Crippen LogP contribution in [0, 0.1) is 17.8 Å². The number of hydrogen-bond donors (Lipinski definition) is 3. The van der Waals surface area contributed by atoms with Crippen LogP contribution in [-0.2, 0) is 9.59 Å². The molecule has 4 N–H and O–H groups in total. The molecule has 1 aromatic heterocycles. The van der Waals surface area contributed by atoms with Crippen LogP contribution in [0.5, 0.6) is 0 Å². The number of hydrogen-bond acceptors (Lipinski definition) is 4. The van der Waals surface area contributed by atoms with Crippen LogP contribution in [0.25, 0.3) is 10.9 Å². The Hall–Kier alpha value is -1.89. The number of para-hydroxylation sites is 1. The average Bonchev–Trinajstić information content (AvgIpc) is 3.21. The zero-order valence-electron chi connectivity index (χ0n) is 14.8. The highest BCUT2D eigenvalue weighted by atomic mass is 35.5. The van der Waals surface area contributed by atoms with Gasteiger partial charge in [-0.3, -0.25) is 14.6 Å². The molecule has 6 nitrogen and oxygen atoms in total. The van der Waals surface area contributed by atoms with Gasteiger partial charge in [-0.1, -0.05) is 18.2 Å². The molecule has 2 aromatic rings. The van der Waals surface area contributed by atoms with Gasteiger partial charge in [0.05, 0.1) is 23.7 Å². The van der Waals surface area contributed by atoms with E-state index in [-0.39, 0.29) is 55.1 Å². The minimum Gasteiger partial charge on any atom is -0.347 e. The second-order valence-electron chi connectivity index (χ2n) is 7.08. The first-order valence-corrected chi connectivity index (χ1v) is 8.80. The maximum Gasteiger partial charge on any atom is 0.243 e. The van der Waals surface area contributed by atoms with Crippen molar-refractivity contribution in [3.05, 3.63) is 36.5 Å². The smallest absolute Gasteiger partial charge is 0.243 e. The standard InChI is InChI=1S/C19H22N4O2.2ClH/c20-17-13-7-6-12(9-13)16(17)19(25)22-10-15(24)23-14-5-1-3-11-4-2-8-21-18(11)14;;/h1-5,8,12-13,16-17H,6-7,9-10,20H2,(H,22,25)(H,23,24);2*1H. The fourth-order valence-corrected chi connectivity index (χ4v) is 4.41. The molecule has 2 aliphatic carbocycles. The number of nitrogens with one attached hydrogen (secondary N) is 2. The number of nitrogens with two attached hydrogens (primary N) is 1. The third-order valence-corrected chi connectivity index (χ3v) is 5.61. The van der Waals surface area contributed by atoms with Gasteiger partial charge in [0.2, 0.25) is 11.8 Å². The Balaban J connectivity index is 0.00000131. The maximum atomic E-state index is 12.4. The van der Waals surface area contributed by atoms with E-state index in [4.69, 9.17) is 5.73 Å². The van der Waals surface area contributed by atoms with Crippen LogP contribution in [0.15, 0.2) is 36.5 Å². The van der Waals surface area contributed by atoms with Crippen LogP contribution in [0.1, 0.15) is 19.3 Å². The molecule has 4 atom stereocenters. The molecule has 1 aromatic carbocycles. The number of benzene rings is 1. The molecule has 1 heterocycles. The monoisotopic (exact) mass is 410 g/mol. The molecule has 0 radical (unpaired) electrons. The fourth-order valence-electron chi connectivity index (χ4n) is 4.41. The van der Waals surface area contributed by atoms with Crippen LogP contribution in [0.2, 0.25) is 0 Å². The van der Waals surface area contributed by atoms with Crippen LogP contribution in [0.4, 0.5) is 5.69 Å². The molecule has 0 saturated heterocycles. The summed E-state index contributed by atoms with van der Waals surface area (Å²) in [6.45, 7) is -0.0529. The van der Waals surface area contributed by atoms with E-state index in [0.717, 1.165) is 30.2 Å². The zero-order valence-corrected chi connectivity index (χ0v) is 16.4. The van der Waals surface area contributed by atoms with Crippen LogP contribution in [-0.4, -0.2) is 29.4 Å². The molecule has 0 aliphatic heterocycles. The molecule has 2 bridgehead atoms. The van der Waals surface area contributed by atoms with E-state index in [9.17, 15) is 9.59 Å². The van der Waals surface area contributed by atoms with Crippen molar-refractivity contribution in [1.29, 1.82) is 0 Å². The molecule has 146 valence electrons. The highest BCUT2D eigenvalue weighted by molar-refractivity contribution is 6.01. The van der Waals surface area contributed by atoms with Gasteiger partial charge in [0, 0.05) is 17.6 Å². The highest BCUT2D eigenvalue weighted by Crippen LogP contribution is 2.47. The van der Waals surface area contributed by atoms with Gasteiger partial charge in [0.15, 0.2) is 0 Å². The fraction of sp³-hybridized carbons (Fsp3) is 0.421. The van der Waals surface area contributed by atoms with E-state index in [1.54, 1.807) is 12.3 Å². The van der Waals surface area contributed by atoms with Crippen molar-refractivity contribution in [2.75, 3.05) is 11.9 Å². The minimum absolute atomic E-state index is 0. The SMILES string of the molecule is Cl.Cl.NC1C2CCC(C2)C1C(=O)NCC(=O)Nc1cccc2cccnc12. The Bertz CT molecular complexity index is 825. The van der Waals surface area contributed by atoms with E-state index in [1.807, 2.05) is 24.3 Å². The first-order chi connectivity index (χ1) is 12.1. The number of nitrogens with zero attached hydrogens (tertiary/aromatic N) is 1. The summed E-state index contributed by atoms with van der Waals surface area (Å²) in [6, 6.07) is 9.34. The number of carbonyl (C=O) groups excluding carboxylic acids is 2. The number of aromatic nitrogens is 1. The van der Waals surface area contributed by atoms with Crippen molar-refractivity contribution in [3.8, 4) is 0 Å². The Morgan fingerprint density at radius 1 is 1.11 bits per heavy atom. The summed E-state index contributed by atoms with van der Waals surface area (Å²) in [5.41, 5.74) is 7.57. The third kappa shape index (κ3) is 4.18. The van der Waals surface area contributed by atoms with E-state index < -0.39 is 0 Å². The molecule has 4 rings (SSSR count). The summed E-state index contributed by atoms with van der Waals surface area (Å²) < 4.78 is 0. The number of carbonyl (C=O) groups is 2. The lowest BCUT2D eigenvalue weighted by Gasteiger charge is -2.26. The van der Waals surface area contributed by atoms with Crippen molar-refractivity contribution in [2.24, 2.45) is 23.5 Å². The van der Waals surface area contributed by atoms with Gasteiger partial charge < -0.3 is 16.4 Å². The first kappa shape index (κ1) is 21.4. The molecule has 2 fully saturated rings.